The van der Waals surface area contributed by atoms with Crippen LogP contribution in [0.2, 0.25) is 0 Å². The van der Waals surface area contributed by atoms with Crippen LogP contribution >= 0.6 is 0 Å². The molecule has 0 heterocycles. The first kappa shape index (κ1) is 15.4. The van der Waals surface area contributed by atoms with E-state index in [1.807, 2.05) is 18.7 Å². The van der Waals surface area contributed by atoms with Crippen LogP contribution in [0, 0.1) is 5.82 Å². The second-order valence-electron chi connectivity index (χ2n) is 4.33. The number of hydrogen-bond acceptors (Lipinski definition) is 3. The van der Waals surface area contributed by atoms with Crippen molar-refractivity contribution in [3.05, 3.63) is 30.1 Å². The van der Waals surface area contributed by atoms with Gasteiger partial charge in [0, 0.05) is 13.1 Å². The Labute approximate surface area is 113 Å². The van der Waals surface area contributed by atoms with Gasteiger partial charge >= 0.3 is 0 Å². The Morgan fingerprint density at radius 2 is 2.11 bits per heavy atom. The number of carbonyl (C=O) groups is 1. The van der Waals surface area contributed by atoms with Crippen LogP contribution in [-0.2, 0) is 4.79 Å². The smallest absolute Gasteiger partial charge is 0.234 e. The molecule has 1 aromatic carbocycles. The van der Waals surface area contributed by atoms with E-state index in [4.69, 9.17) is 5.73 Å². The highest BCUT2D eigenvalue weighted by Crippen LogP contribution is 2.18. The van der Waals surface area contributed by atoms with Crippen LogP contribution in [0.5, 0.6) is 0 Å². The molecule has 0 saturated carbocycles. The van der Waals surface area contributed by atoms with Crippen molar-refractivity contribution < 1.29 is 9.18 Å². The van der Waals surface area contributed by atoms with Crippen LogP contribution in [0.25, 0.3) is 0 Å². The number of rotatable bonds is 8. The molecule has 1 amide bonds. The Kier molecular flexibility index (Phi) is 6.29. The lowest BCUT2D eigenvalue weighted by Gasteiger charge is -2.25. The highest BCUT2D eigenvalue weighted by Gasteiger charge is 2.16. The minimum atomic E-state index is -0.370. The third-order valence-electron chi connectivity index (χ3n) is 3.06. The molecule has 0 radical (unpaired) electrons. The maximum atomic E-state index is 13.7. The number of para-hydroxylation sites is 1. The van der Waals surface area contributed by atoms with E-state index in [0.717, 1.165) is 0 Å². The van der Waals surface area contributed by atoms with Crippen molar-refractivity contribution in [2.75, 3.05) is 24.5 Å². The predicted octanol–water partition coefficient (Wildman–Crippen LogP) is 1.51. The number of amides is 1. The molecule has 1 aromatic rings. The van der Waals surface area contributed by atoms with Gasteiger partial charge in [0.15, 0.2) is 0 Å². The first-order valence-corrected chi connectivity index (χ1v) is 6.62. The fourth-order valence-electron chi connectivity index (χ4n) is 2.03. The number of halogens is 1. The standard InChI is InChI=1S/C14H22FN3O/c1-3-17-12(14(16)19)9-10-18(4-2)13-8-6-5-7-11(13)15/h5-8,12,17H,3-4,9-10H2,1-2H3,(H2,16,19). The molecule has 0 aliphatic rings. The van der Waals surface area contributed by atoms with Crippen molar-refractivity contribution in [2.45, 2.75) is 26.3 Å². The van der Waals surface area contributed by atoms with Crippen molar-refractivity contribution in [3.63, 3.8) is 0 Å². The zero-order valence-electron chi connectivity index (χ0n) is 11.5. The third kappa shape index (κ3) is 4.52. The number of carbonyl (C=O) groups excluding carboxylic acids is 1. The van der Waals surface area contributed by atoms with Gasteiger partial charge in [0.25, 0.3) is 0 Å². The summed E-state index contributed by atoms with van der Waals surface area (Å²) in [4.78, 5) is 13.2. The Hall–Kier alpha value is -1.62. The molecule has 0 aromatic heterocycles. The van der Waals surface area contributed by atoms with Crippen molar-refractivity contribution >= 4 is 11.6 Å². The lowest BCUT2D eigenvalue weighted by Crippen LogP contribution is -2.43. The minimum absolute atomic E-state index is 0.247. The molecule has 1 rings (SSSR count). The summed E-state index contributed by atoms with van der Waals surface area (Å²) in [6.07, 6.45) is 0.561. The molecule has 0 aliphatic carbocycles. The number of nitrogens with zero attached hydrogens (tertiary/aromatic N) is 1. The summed E-state index contributed by atoms with van der Waals surface area (Å²) < 4.78 is 13.7. The van der Waals surface area contributed by atoms with Gasteiger partial charge in [-0.1, -0.05) is 19.1 Å². The number of likely N-dealkylation sites (N-methyl/N-ethyl adjacent to an activating group) is 1. The molecule has 5 heteroatoms. The highest BCUT2D eigenvalue weighted by atomic mass is 19.1. The van der Waals surface area contributed by atoms with Gasteiger partial charge in [-0.25, -0.2) is 4.39 Å². The summed E-state index contributed by atoms with van der Waals surface area (Å²) in [6.45, 7) is 5.82. The number of nitrogens with one attached hydrogen (secondary N) is 1. The molecule has 106 valence electrons. The monoisotopic (exact) mass is 267 g/mol. The van der Waals surface area contributed by atoms with Gasteiger partial charge in [-0.2, -0.15) is 0 Å². The van der Waals surface area contributed by atoms with E-state index in [9.17, 15) is 9.18 Å². The van der Waals surface area contributed by atoms with E-state index in [-0.39, 0.29) is 17.8 Å². The normalized spacial score (nSPS) is 12.2. The molecule has 3 N–H and O–H groups in total. The first-order chi connectivity index (χ1) is 9.10. The summed E-state index contributed by atoms with van der Waals surface area (Å²) in [5, 5.41) is 3.03. The van der Waals surface area contributed by atoms with E-state index >= 15 is 0 Å². The summed E-state index contributed by atoms with van der Waals surface area (Å²) in [5.41, 5.74) is 5.88. The summed E-state index contributed by atoms with van der Waals surface area (Å²) in [6, 6.07) is 6.28. The molecular formula is C14H22FN3O. The zero-order valence-corrected chi connectivity index (χ0v) is 11.5. The van der Waals surface area contributed by atoms with Crippen LogP contribution in [-0.4, -0.2) is 31.6 Å². The summed E-state index contributed by atoms with van der Waals surface area (Å²) in [5.74, 6) is -0.616. The first-order valence-electron chi connectivity index (χ1n) is 6.62. The molecule has 0 fully saturated rings. The molecule has 0 saturated heterocycles. The van der Waals surface area contributed by atoms with E-state index in [1.54, 1.807) is 18.2 Å². The molecule has 1 unspecified atom stereocenters. The second-order valence-corrected chi connectivity index (χ2v) is 4.33. The van der Waals surface area contributed by atoms with Gasteiger partial charge in [-0.05, 0) is 32.0 Å². The summed E-state index contributed by atoms with van der Waals surface area (Å²) >= 11 is 0. The second kappa shape index (κ2) is 7.74. The van der Waals surface area contributed by atoms with Gasteiger partial charge in [0.2, 0.25) is 5.91 Å². The summed E-state index contributed by atoms with van der Waals surface area (Å²) in [7, 11) is 0. The van der Waals surface area contributed by atoms with Gasteiger partial charge < -0.3 is 16.0 Å². The van der Waals surface area contributed by atoms with Crippen molar-refractivity contribution in [3.8, 4) is 0 Å². The molecular weight excluding hydrogens is 245 g/mol. The lowest BCUT2D eigenvalue weighted by molar-refractivity contribution is -0.120. The Morgan fingerprint density at radius 3 is 2.63 bits per heavy atom. The van der Waals surface area contributed by atoms with Gasteiger partial charge in [-0.15, -0.1) is 0 Å². The van der Waals surface area contributed by atoms with Gasteiger partial charge in [-0.3, -0.25) is 4.79 Å². The number of anilines is 1. The third-order valence-corrected chi connectivity index (χ3v) is 3.06. The quantitative estimate of drug-likeness (QED) is 0.750. The molecule has 1 atom stereocenters. The molecule has 19 heavy (non-hydrogen) atoms. The van der Waals surface area contributed by atoms with Crippen LogP contribution in [0.4, 0.5) is 10.1 Å². The molecule has 0 bridgehead atoms. The Morgan fingerprint density at radius 1 is 1.42 bits per heavy atom. The van der Waals surface area contributed by atoms with Gasteiger partial charge in [0.1, 0.15) is 5.82 Å². The van der Waals surface area contributed by atoms with Crippen molar-refractivity contribution in [1.29, 1.82) is 0 Å². The zero-order chi connectivity index (χ0) is 14.3. The molecule has 4 nitrogen and oxygen atoms in total. The van der Waals surface area contributed by atoms with Crippen LogP contribution in [0.1, 0.15) is 20.3 Å². The fraction of sp³-hybridized carbons (Fsp3) is 0.500. The molecule has 0 aliphatic heterocycles. The van der Waals surface area contributed by atoms with Crippen LogP contribution in [0.3, 0.4) is 0 Å². The van der Waals surface area contributed by atoms with Crippen molar-refractivity contribution in [1.82, 2.24) is 5.32 Å². The minimum Gasteiger partial charge on any atom is -0.369 e. The maximum absolute atomic E-state index is 13.7. The van der Waals surface area contributed by atoms with Crippen LogP contribution < -0.4 is 16.0 Å². The van der Waals surface area contributed by atoms with E-state index in [0.29, 0.717) is 31.7 Å². The van der Waals surface area contributed by atoms with Gasteiger partial charge in [0.05, 0.1) is 11.7 Å². The highest BCUT2D eigenvalue weighted by molar-refractivity contribution is 5.79. The van der Waals surface area contributed by atoms with E-state index < -0.39 is 0 Å². The topological polar surface area (TPSA) is 58.4 Å². The van der Waals surface area contributed by atoms with Crippen molar-refractivity contribution in [2.24, 2.45) is 5.73 Å². The number of nitrogens with two attached hydrogens (primary N) is 1. The van der Waals surface area contributed by atoms with Crippen LogP contribution in [0.15, 0.2) is 24.3 Å². The fourth-order valence-corrected chi connectivity index (χ4v) is 2.03. The average molecular weight is 267 g/mol. The Balaban J connectivity index is 2.67. The maximum Gasteiger partial charge on any atom is 0.234 e. The average Bonchev–Trinajstić information content (AvgIpc) is 2.39. The number of hydrogen-bond donors (Lipinski definition) is 2. The van der Waals surface area contributed by atoms with E-state index in [1.165, 1.54) is 6.07 Å². The SMILES string of the molecule is CCNC(CCN(CC)c1ccccc1F)C(N)=O. The van der Waals surface area contributed by atoms with E-state index in [2.05, 4.69) is 5.32 Å². The number of benzene rings is 1. The largest absolute Gasteiger partial charge is 0.369 e. The number of primary amides is 1. The Bertz CT molecular complexity index is 411. The lowest BCUT2D eigenvalue weighted by atomic mass is 10.1. The molecule has 0 spiro atoms. The predicted molar refractivity (Wildman–Crippen MR) is 75.6 cm³/mol.